The van der Waals surface area contributed by atoms with E-state index in [1.54, 1.807) is 6.20 Å². The smallest absolute Gasteiger partial charge is 0.184 e. The van der Waals surface area contributed by atoms with E-state index in [2.05, 4.69) is 20.9 Å². The Labute approximate surface area is 195 Å². The fourth-order valence-corrected chi connectivity index (χ4v) is 4.63. The highest BCUT2D eigenvalue weighted by Crippen LogP contribution is 2.41. The van der Waals surface area contributed by atoms with Gasteiger partial charge < -0.3 is 24.1 Å². The molecule has 6 unspecified atom stereocenters. The van der Waals surface area contributed by atoms with E-state index in [1.165, 1.54) is 0 Å². The van der Waals surface area contributed by atoms with Gasteiger partial charge >= 0.3 is 0 Å². The maximum absolute atomic E-state index is 10.1. The molecule has 2 aliphatic rings. The molecule has 1 N–H and O–H groups in total. The molecule has 2 fully saturated rings. The fraction of sp³-hybridized carbons (Fsp3) is 0.320. The van der Waals surface area contributed by atoms with Gasteiger partial charge in [-0.2, -0.15) is 0 Å². The molecular formula is C25H24BrNO5. The molecule has 3 heterocycles. The van der Waals surface area contributed by atoms with Crippen LogP contribution in [0.5, 0.6) is 0 Å². The van der Waals surface area contributed by atoms with Gasteiger partial charge in [0, 0.05) is 34.4 Å². The Bertz CT molecular complexity index is 1020. The second-order valence-corrected chi connectivity index (χ2v) is 8.85. The molecule has 0 aliphatic carbocycles. The van der Waals surface area contributed by atoms with Gasteiger partial charge in [0.25, 0.3) is 0 Å². The first-order chi connectivity index (χ1) is 15.7. The standard InChI is InChI=1S/C25H24BrNO5/c26-19-11-16(13-27-14-19)12-20-22-23(32-24(29-20)17-7-3-1-4-8-17)21(15-28)30-25(31-22)18-9-5-2-6-10-18/h1-11,13-14,20-25,28H,12,15H2. The molecular weight excluding hydrogens is 474 g/mol. The summed E-state index contributed by atoms with van der Waals surface area (Å²) in [5.74, 6) is 0. The molecule has 6 nitrogen and oxygen atoms in total. The number of halogens is 1. The van der Waals surface area contributed by atoms with Crippen LogP contribution in [0.2, 0.25) is 0 Å². The van der Waals surface area contributed by atoms with E-state index in [9.17, 15) is 5.11 Å². The van der Waals surface area contributed by atoms with Crippen molar-refractivity contribution < 1.29 is 24.1 Å². The molecule has 1 aromatic heterocycles. The van der Waals surface area contributed by atoms with Crippen molar-refractivity contribution in [3.05, 3.63) is 100 Å². The minimum Gasteiger partial charge on any atom is -0.394 e. The maximum atomic E-state index is 10.1. The lowest BCUT2D eigenvalue weighted by Gasteiger charge is -2.49. The second kappa shape index (κ2) is 9.79. The number of aromatic nitrogens is 1. The summed E-state index contributed by atoms with van der Waals surface area (Å²) in [7, 11) is 0. The van der Waals surface area contributed by atoms with Crippen molar-refractivity contribution in [2.24, 2.45) is 0 Å². The van der Waals surface area contributed by atoms with Crippen LogP contribution in [0.15, 0.2) is 83.6 Å². The molecule has 5 rings (SSSR count). The third-order valence-electron chi connectivity index (χ3n) is 5.74. The molecule has 2 saturated heterocycles. The highest BCUT2D eigenvalue weighted by atomic mass is 79.9. The largest absolute Gasteiger partial charge is 0.394 e. The number of fused-ring (bicyclic) bond motifs is 1. The lowest BCUT2D eigenvalue weighted by atomic mass is 9.94. The summed E-state index contributed by atoms with van der Waals surface area (Å²) in [6.07, 6.45) is 1.19. The van der Waals surface area contributed by atoms with Crippen molar-refractivity contribution in [3.63, 3.8) is 0 Å². The normalized spacial score (nSPS) is 29.9. The Morgan fingerprint density at radius 1 is 0.750 bits per heavy atom. The van der Waals surface area contributed by atoms with E-state index in [1.807, 2.05) is 72.9 Å². The summed E-state index contributed by atoms with van der Waals surface area (Å²) < 4.78 is 26.2. The Kier molecular flexibility index (Phi) is 6.64. The third-order valence-corrected chi connectivity index (χ3v) is 6.17. The average molecular weight is 498 g/mol. The molecule has 6 atom stereocenters. The van der Waals surface area contributed by atoms with Crippen molar-refractivity contribution in [1.82, 2.24) is 4.98 Å². The van der Waals surface area contributed by atoms with Crippen LogP contribution in [0, 0.1) is 0 Å². The molecule has 0 radical (unpaired) electrons. The Morgan fingerprint density at radius 3 is 1.88 bits per heavy atom. The number of hydrogen-bond acceptors (Lipinski definition) is 6. The van der Waals surface area contributed by atoms with Crippen molar-refractivity contribution in [2.45, 2.75) is 43.4 Å². The molecule has 0 saturated carbocycles. The average Bonchev–Trinajstić information content (AvgIpc) is 2.84. The van der Waals surface area contributed by atoms with Crippen molar-refractivity contribution >= 4 is 15.9 Å². The molecule has 0 amide bonds. The predicted octanol–water partition coefficient (Wildman–Crippen LogP) is 4.34. The second-order valence-electron chi connectivity index (χ2n) is 7.93. The first-order valence-corrected chi connectivity index (χ1v) is 11.4. The topological polar surface area (TPSA) is 70.0 Å². The van der Waals surface area contributed by atoms with Gasteiger partial charge in [0.05, 0.1) is 12.7 Å². The molecule has 2 aromatic carbocycles. The van der Waals surface area contributed by atoms with E-state index < -0.39 is 30.9 Å². The van der Waals surface area contributed by atoms with Gasteiger partial charge in [0.1, 0.15) is 18.3 Å². The summed E-state index contributed by atoms with van der Waals surface area (Å²) >= 11 is 3.49. The van der Waals surface area contributed by atoms with E-state index in [0.29, 0.717) is 6.42 Å². The van der Waals surface area contributed by atoms with Crippen LogP contribution in [0.1, 0.15) is 29.3 Å². The number of aliphatic hydroxyl groups excluding tert-OH is 1. The number of pyridine rings is 1. The van der Waals surface area contributed by atoms with Gasteiger partial charge in [-0.1, -0.05) is 60.7 Å². The van der Waals surface area contributed by atoms with Crippen LogP contribution in [-0.4, -0.2) is 41.1 Å². The first-order valence-electron chi connectivity index (χ1n) is 10.6. The van der Waals surface area contributed by atoms with Crippen LogP contribution < -0.4 is 0 Å². The van der Waals surface area contributed by atoms with Crippen LogP contribution >= 0.6 is 15.9 Å². The maximum Gasteiger partial charge on any atom is 0.184 e. The Hall–Kier alpha value is -2.13. The minimum absolute atomic E-state index is 0.180. The summed E-state index contributed by atoms with van der Waals surface area (Å²) in [6.45, 7) is -0.180. The van der Waals surface area contributed by atoms with Crippen LogP contribution in [-0.2, 0) is 25.4 Å². The fourth-order valence-electron chi connectivity index (χ4n) is 4.22. The van der Waals surface area contributed by atoms with Crippen LogP contribution in [0.25, 0.3) is 0 Å². The lowest BCUT2D eigenvalue weighted by molar-refractivity contribution is -0.384. The Balaban J connectivity index is 1.47. The van der Waals surface area contributed by atoms with Gasteiger partial charge in [-0.05, 0) is 27.6 Å². The first kappa shape index (κ1) is 21.7. The van der Waals surface area contributed by atoms with E-state index >= 15 is 0 Å². The van der Waals surface area contributed by atoms with E-state index in [4.69, 9.17) is 18.9 Å². The zero-order valence-electron chi connectivity index (χ0n) is 17.3. The molecule has 2 aliphatic heterocycles. The number of rotatable bonds is 5. The highest BCUT2D eigenvalue weighted by Gasteiger charge is 2.50. The van der Waals surface area contributed by atoms with Gasteiger partial charge in [-0.3, -0.25) is 4.98 Å². The lowest BCUT2D eigenvalue weighted by Crippen LogP contribution is -2.59. The minimum atomic E-state index is -0.613. The van der Waals surface area contributed by atoms with Crippen molar-refractivity contribution in [2.75, 3.05) is 6.61 Å². The molecule has 32 heavy (non-hydrogen) atoms. The van der Waals surface area contributed by atoms with E-state index in [0.717, 1.165) is 21.2 Å². The number of ether oxygens (including phenoxy) is 4. The third kappa shape index (κ3) is 4.64. The molecule has 3 aromatic rings. The molecule has 0 spiro atoms. The molecule has 166 valence electrons. The number of nitrogens with zero attached hydrogens (tertiary/aromatic N) is 1. The number of hydrogen-bond donors (Lipinski definition) is 1. The molecule has 7 heteroatoms. The SMILES string of the molecule is OCC1OC(c2ccccc2)OC2C(Cc3cncc(Br)c3)OC(c3ccccc3)OC12. The monoisotopic (exact) mass is 497 g/mol. The van der Waals surface area contributed by atoms with E-state index in [-0.39, 0.29) is 12.7 Å². The van der Waals surface area contributed by atoms with Gasteiger partial charge in [0.2, 0.25) is 0 Å². The number of aliphatic hydroxyl groups is 1. The quantitative estimate of drug-likeness (QED) is 0.565. The van der Waals surface area contributed by atoms with Gasteiger partial charge in [-0.15, -0.1) is 0 Å². The zero-order valence-corrected chi connectivity index (χ0v) is 18.9. The zero-order chi connectivity index (χ0) is 21.9. The Morgan fingerprint density at radius 2 is 1.31 bits per heavy atom. The predicted molar refractivity (Wildman–Crippen MR) is 121 cm³/mol. The summed E-state index contributed by atoms with van der Waals surface area (Å²) in [4.78, 5) is 4.29. The number of benzene rings is 2. The molecule has 0 bridgehead atoms. The van der Waals surface area contributed by atoms with Gasteiger partial charge in [0.15, 0.2) is 12.6 Å². The summed E-state index contributed by atoms with van der Waals surface area (Å²) in [6, 6.07) is 21.5. The van der Waals surface area contributed by atoms with Crippen molar-refractivity contribution in [1.29, 1.82) is 0 Å². The highest BCUT2D eigenvalue weighted by molar-refractivity contribution is 9.10. The summed E-state index contributed by atoms with van der Waals surface area (Å²) in [5, 5.41) is 10.1. The van der Waals surface area contributed by atoms with Crippen LogP contribution in [0.3, 0.4) is 0 Å². The van der Waals surface area contributed by atoms with Crippen LogP contribution in [0.4, 0.5) is 0 Å². The van der Waals surface area contributed by atoms with Gasteiger partial charge in [-0.25, -0.2) is 0 Å². The van der Waals surface area contributed by atoms with Crippen molar-refractivity contribution in [3.8, 4) is 0 Å². The summed E-state index contributed by atoms with van der Waals surface area (Å²) in [5.41, 5.74) is 2.81.